The summed E-state index contributed by atoms with van der Waals surface area (Å²) in [7, 11) is 0. The molecule has 6 heteroatoms. The highest BCUT2D eigenvalue weighted by atomic mass is 35.5. The Labute approximate surface area is 151 Å². The Kier molecular flexibility index (Phi) is 5.24. The van der Waals surface area contributed by atoms with Crippen LogP contribution in [0.5, 0.6) is 0 Å². The van der Waals surface area contributed by atoms with E-state index in [1.54, 1.807) is 6.07 Å². The Hall–Kier alpha value is -2.53. The third-order valence-corrected chi connectivity index (χ3v) is 4.50. The Bertz CT molecular complexity index is 876. The largest absolute Gasteiger partial charge is 0.369 e. The lowest BCUT2D eigenvalue weighted by atomic mass is 10.1. The summed E-state index contributed by atoms with van der Waals surface area (Å²) in [6.45, 7) is 2.56. The zero-order valence-electron chi connectivity index (χ0n) is 14.1. The molecule has 0 aliphatic carbocycles. The molecule has 0 fully saturated rings. The van der Waals surface area contributed by atoms with Gasteiger partial charge in [0.2, 0.25) is 11.9 Å². The van der Waals surface area contributed by atoms with Crippen LogP contribution in [0.4, 0.5) is 5.95 Å². The van der Waals surface area contributed by atoms with Crippen molar-refractivity contribution in [2.75, 3.05) is 5.73 Å². The number of nitrogen functional groups attached to an aromatic ring is 1. The smallest absolute Gasteiger partial charge is 0.222 e. The van der Waals surface area contributed by atoms with Gasteiger partial charge < -0.3 is 15.6 Å². The number of halogens is 1. The zero-order chi connectivity index (χ0) is 17.8. The molecule has 5 nitrogen and oxygen atoms in total. The second kappa shape index (κ2) is 7.57. The summed E-state index contributed by atoms with van der Waals surface area (Å²) in [5.74, 6) is 0.394. The number of amides is 1. The second-order valence-electron chi connectivity index (χ2n) is 6.00. The number of aromatic nitrogens is 2. The van der Waals surface area contributed by atoms with Gasteiger partial charge in [0, 0.05) is 24.0 Å². The molecule has 0 aliphatic heterocycles. The number of hydrogen-bond acceptors (Lipinski definition) is 3. The first-order valence-electron chi connectivity index (χ1n) is 8.32. The second-order valence-corrected chi connectivity index (χ2v) is 6.44. The van der Waals surface area contributed by atoms with Crippen LogP contribution in [0.25, 0.3) is 11.0 Å². The van der Waals surface area contributed by atoms with E-state index in [1.807, 2.05) is 54.0 Å². The number of carbonyl (C=O) groups excluding carboxylic acids is 1. The van der Waals surface area contributed by atoms with E-state index in [0.29, 0.717) is 23.9 Å². The topological polar surface area (TPSA) is 72.9 Å². The van der Waals surface area contributed by atoms with E-state index in [0.717, 1.165) is 23.0 Å². The average Bonchev–Trinajstić information content (AvgIpc) is 2.93. The number of nitrogens with two attached hydrogens (primary N) is 1. The van der Waals surface area contributed by atoms with Gasteiger partial charge in [-0.1, -0.05) is 48.9 Å². The molecule has 0 aliphatic rings. The number of hydrogen-bond donors (Lipinski definition) is 2. The van der Waals surface area contributed by atoms with Crippen LogP contribution >= 0.6 is 11.6 Å². The predicted molar refractivity (Wildman–Crippen MR) is 101 cm³/mol. The molecule has 2 aromatic carbocycles. The van der Waals surface area contributed by atoms with Gasteiger partial charge in [-0.3, -0.25) is 4.79 Å². The summed E-state index contributed by atoms with van der Waals surface area (Å²) in [6.07, 6.45) is 1.12. The molecule has 0 unspecified atom stereocenters. The van der Waals surface area contributed by atoms with Gasteiger partial charge in [-0.25, -0.2) is 4.98 Å². The average molecular weight is 357 g/mol. The van der Waals surface area contributed by atoms with Crippen LogP contribution in [0.3, 0.4) is 0 Å². The first kappa shape index (κ1) is 17.3. The Morgan fingerprint density at radius 3 is 2.76 bits per heavy atom. The molecule has 130 valence electrons. The molecular weight excluding hydrogens is 336 g/mol. The molecule has 3 aromatic rings. The van der Waals surface area contributed by atoms with Crippen LogP contribution in [0.15, 0.2) is 48.5 Å². The van der Waals surface area contributed by atoms with Crippen LogP contribution in [0.2, 0.25) is 5.02 Å². The minimum absolute atomic E-state index is 0.00841. The number of rotatable bonds is 6. The van der Waals surface area contributed by atoms with Gasteiger partial charge in [-0.05, 0) is 30.2 Å². The normalized spacial score (nSPS) is 12.2. The van der Waals surface area contributed by atoms with E-state index < -0.39 is 0 Å². The highest BCUT2D eigenvalue weighted by Crippen LogP contribution is 2.28. The molecule has 1 amide bonds. The van der Waals surface area contributed by atoms with Crippen LogP contribution in [0, 0.1) is 0 Å². The van der Waals surface area contributed by atoms with Crippen molar-refractivity contribution < 1.29 is 4.79 Å². The van der Waals surface area contributed by atoms with Crippen molar-refractivity contribution in [3.8, 4) is 0 Å². The van der Waals surface area contributed by atoms with E-state index in [2.05, 4.69) is 10.3 Å². The minimum atomic E-state index is -0.0538. The summed E-state index contributed by atoms with van der Waals surface area (Å²) in [5.41, 5.74) is 8.81. The lowest BCUT2D eigenvalue weighted by Gasteiger charge is -2.19. The summed E-state index contributed by atoms with van der Waals surface area (Å²) >= 11 is 6.02. The molecule has 1 heterocycles. The fraction of sp³-hybridized carbons (Fsp3) is 0.263. The van der Waals surface area contributed by atoms with Crippen molar-refractivity contribution in [1.82, 2.24) is 14.9 Å². The van der Waals surface area contributed by atoms with Crippen molar-refractivity contribution in [2.24, 2.45) is 0 Å². The predicted octanol–water partition coefficient (Wildman–Crippen LogP) is 3.93. The summed E-state index contributed by atoms with van der Waals surface area (Å²) < 4.78 is 1.92. The molecule has 25 heavy (non-hydrogen) atoms. The van der Waals surface area contributed by atoms with Crippen molar-refractivity contribution in [3.63, 3.8) is 0 Å². The van der Waals surface area contributed by atoms with E-state index in [1.165, 1.54) is 0 Å². The first-order chi connectivity index (χ1) is 12.1. The maximum atomic E-state index is 12.4. The summed E-state index contributed by atoms with van der Waals surface area (Å²) in [5, 5.41) is 3.58. The van der Waals surface area contributed by atoms with Crippen LogP contribution in [-0.2, 0) is 11.3 Å². The van der Waals surface area contributed by atoms with Gasteiger partial charge in [0.05, 0.1) is 11.0 Å². The monoisotopic (exact) mass is 356 g/mol. The number of fused-ring (bicyclic) bond motifs is 1. The fourth-order valence-corrected chi connectivity index (χ4v) is 3.14. The molecule has 0 saturated carbocycles. The number of carbonyl (C=O) groups is 1. The molecule has 0 radical (unpaired) electrons. The third-order valence-electron chi connectivity index (χ3n) is 4.27. The van der Waals surface area contributed by atoms with Crippen molar-refractivity contribution >= 4 is 34.5 Å². The van der Waals surface area contributed by atoms with Crippen molar-refractivity contribution in [1.29, 1.82) is 0 Å². The number of nitrogens with one attached hydrogen (secondary N) is 1. The maximum Gasteiger partial charge on any atom is 0.222 e. The van der Waals surface area contributed by atoms with Gasteiger partial charge in [0.15, 0.2) is 0 Å². The Morgan fingerprint density at radius 1 is 1.28 bits per heavy atom. The number of imidazole rings is 1. The molecule has 1 atom stereocenters. The van der Waals surface area contributed by atoms with Crippen molar-refractivity contribution in [2.45, 2.75) is 32.4 Å². The third kappa shape index (κ3) is 3.94. The molecule has 0 saturated heterocycles. The van der Waals surface area contributed by atoms with E-state index in [4.69, 9.17) is 17.3 Å². The molecule has 3 N–H and O–H groups in total. The number of anilines is 1. The molecule has 0 bridgehead atoms. The lowest BCUT2D eigenvalue weighted by molar-refractivity contribution is -0.122. The highest BCUT2D eigenvalue weighted by Gasteiger charge is 2.19. The molecule has 1 aromatic heterocycles. The minimum Gasteiger partial charge on any atom is -0.369 e. The van der Waals surface area contributed by atoms with Crippen LogP contribution < -0.4 is 11.1 Å². The number of benzene rings is 2. The standard InChI is InChI=1S/C19H21ClN4O/c1-2-15(11-18(25)22-12-13-6-4-3-5-7-13)24-17-9-8-14(20)10-16(17)23-19(24)21/h3-10,15H,2,11-12H2,1H3,(H2,21,23)(H,22,25)/t15-/m1/s1. The van der Waals surface area contributed by atoms with Gasteiger partial charge in [0.25, 0.3) is 0 Å². The van der Waals surface area contributed by atoms with Gasteiger partial charge in [-0.2, -0.15) is 0 Å². The van der Waals surface area contributed by atoms with Gasteiger partial charge >= 0.3 is 0 Å². The van der Waals surface area contributed by atoms with E-state index in [-0.39, 0.29) is 11.9 Å². The lowest BCUT2D eigenvalue weighted by Crippen LogP contribution is -2.26. The molecule has 0 spiro atoms. The highest BCUT2D eigenvalue weighted by molar-refractivity contribution is 6.31. The summed E-state index contributed by atoms with van der Waals surface area (Å²) in [6, 6.07) is 15.3. The van der Waals surface area contributed by atoms with Crippen LogP contribution in [0.1, 0.15) is 31.4 Å². The number of nitrogens with zero attached hydrogens (tertiary/aromatic N) is 2. The Morgan fingerprint density at radius 2 is 2.04 bits per heavy atom. The molecule has 3 rings (SSSR count). The van der Waals surface area contributed by atoms with Crippen molar-refractivity contribution in [3.05, 3.63) is 59.1 Å². The first-order valence-corrected chi connectivity index (χ1v) is 8.70. The van der Waals surface area contributed by atoms with Gasteiger partial charge in [0.1, 0.15) is 0 Å². The quantitative estimate of drug-likeness (QED) is 0.702. The molecular formula is C19H21ClN4O. The van der Waals surface area contributed by atoms with Gasteiger partial charge in [-0.15, -0.1) is 0 Å². The zero-order valence-corrected chi connectivity index (χ0v) is 14.8. The SMILES string of the molecule is CC[C@H](CC(=O)NCc1ccccc1)n1c(N)nc2cc(Cl)ccc21. The Balaban J connectivity index is 1.74. The van der Waals surface area contributed by atoms with E-state index in [9.17, 15) is 4.79 Å². The van der Waals surface area contributed by atoms with E-state index >= 15 is 0 Å². The van der Waals surface area contributed by atoms with Crippen LogP contribution in [-0.4, -0.2) is 15.5 Å². The summed E-state index contributed by atoms with van der Waals surface area (Å²) in [4.78, 5) is 16.7. The fourth-order valence-electron chi connectivity index (χ4n) is 2.98. The maximum absolute atomic E-state index is 12.4.